The molecule has 0 bridgehead atoms. The highest BCUT2D eigenvalue weighted by molar-refractivity contribution is 7.16. The lowest BCUT2D eigenvalue weighted by molar-refractivity contribution is -0.123. The molecule has 0 radical (unpaired) electrons. The molecule has 4 heteroatoms. The van der Waals surface area contributed by atoms with Crippen molar-refractivity contribution < 1.29 is 9.90 Å². The fourth-order valence-electron chi connectivity index (χ4n) is 0.688. The number of carbonyl (C=O) groups excluding carboxylic acids is 1. The first-order valence-corrected chi connectivity index (χ1v) is 4.14. The number of nitrogens with two attached hydrogens (primary N) is 1. The number of primary amides is 1. The molecular formula is C6H14NO2P. The monoisotopic (exact) mass is 163 g/mol. The SMILES string of the molecule is NC(=O)[C@H](CO)CCCP. The highest BCUT2D eigenvalue weighted by atomic mass is 31.0. The molecule has 60 valence electrons. The maximum Gasteiger partial charge on any atom is 0.222 e. The van der Waals surface area contributed by atoms with Gasteiger partial charge in [-0.3, -0.25) is 4.79 Å². The summed E-state index contributed by atoms with van der Waals surface area (Å²) in [6, 6.07) is 0. The molecule has 0 saturated heterocycles. The van der Waals surface area contributed by atoms with Crippen molar-refractivity contribution >= 4 is 15.1 Å². The van der Waals surface area contributed by atoms with E-state index in [1.807, 2.05) is 0 Å². The van der Waals surface area contributed by atoms with Crippen LogP contribution in [-0.2, 0) is 4.79 Å². The molecule has 10 heavy (non-hydrogen) atoms. The van der Waals surface area contributed by atoms with Gasteiger partial charge < -0.3 is 10.8 Å². The smallest absolute Gasteiger partial charge is 0.222 e. The molecule has 0 aliphatic rings. The van der Waals surface area contributed by atoms with Crippen molar-refractivity contribution in [3.05, 3.63) is 0 Å². The Bertz CT molecular complexity index is 108. The van der Waals surface area contributed by atoms with Gasteiger partial charge in [0.2, 0.25) is 5.91 Å². The molecule has 1 amide bonds. The van der Waals surface area contributed by atoms with Gasteiger partial charge in [-0.1, -0.05) is 0 Å². The van der Waals surface area contributed by atoms with E-state index in [0.717, 1.165) is 12.6 Å². The summed E-state index contributed by atoms with van der Waals surface area (Å²) in [6.45, 7) is -0.125. The van der Waals surface area contributed by atoms with Crippen LogP contribution in [0.2, 0.25) is 0 Å². The van der Waals surface area contributed by atoms with Crippen LogP contribution in [0.5, 0.6) is 0 Å². The topological polar surface area (TPSA) is 63.3 Å². The Hall–Kier alpha value is -0.140. The van der Waals surface area contributed by atoms with Gasteiger partial charge in [0.1, 0.15) is 0 Å². The van der Waals surface area contributed by atoms with Gasteiger partial charge >= 0.3 is 0 Å². The number of hydrogen-bond acceptors (Lipinski definition) is 2. The van der Waals surface area contributed by atoms with E-state index in [-0.39, 0.29) is 12.5 Å². The molecule has 0 saturated carbocycles. The lowest BCUT2D eigenvalue weighted by atomic mass is 10.1. The van der Waals surface area contributed by atoms with Crippen LogP contribution in [0.15, 0.2) is 0 Å². The van der Waals surface area contributed by atoms with Crippen LogP contribution in [0.4, 0.5) is 0 Å². The third-order valence-electron chi connectivity index (χ3n) is 1.38. The van der Waals surface area contributed by atoms with Gasteiger partial charge in [-0.15, -0.1) is 9.24 Å². The summed E-state index contributed by atoms with van der Waals surface area (Å²) in [7, 11) is 2.56. The zero-order valence-electron chi connectivity index (χ0n) is 5.92. The third-order valence-corrected chi connectivity index (χ3v) is 1.79. The molecule has 0 aliphatic carbocycles. The summed E-state index contributed by atoms with van der Waals surface area (Å²) >= 11 is 0. The van der Waals surface area contributed by atoms with Crippen LogP contribution in [0.25, 0.3) is 0 Å². The molecule has 0 heterocycles. The van der Waals surface area contributed by atoms with Crippen LogP contribution in [-0.4, -0.2) is 23.8 Å². The normalized spacial score (nSPS) is 13.0. The number of aliphatic hydroxyl groups is 1. The van der Waals surface area contributed by atoms with Crippen molar-refractivity contribution in [2.24, 2.45) is 11.7 Å². The summed E-state index contributed by atoms with van der Waals surface area (Å²) < 4.78 is 0. The van der Waals surface area contributed by atoms with Gasteiger partial charge in [-0.25, -0.2) is 0 Å². The zero-order chi connectivity index (χ0) is 7.98. The summed E-state index contributed by atoms with van der Waals surface area (Å²) in [6.07, 6.45) is 2.55. The Kier molecular flexibility index (Phi) is 5.55. The molecular weight excluding hydrogens is 149 g/mol. The van der Waals surface area contributed by atoms with Crippen molar-refractivity contribution in [1.29, 1.82) is 0 Å². The molecule has 0 aromatic rings. The molecule has 0 aromatic carbocycles. The number of hydrogen-bond donors (Lipinski definition) is 2. The molecule has 0 rings (SSSR count). The second-order valence-electron chi connectivity index (χ2n) is 2.21. The Balaban J connectivity index is 3.50. The molecule has 1 unspecified atom stereocenters. The van der Waals surface area contributed by atoms with E-state index >= 15 is 0 Å². The standard InChI is InChI=1S/C6H14NO2P/c7-6(9)5(4-8)2-1-3-10/h5,8H,1-4,10H2,(H2,7,9)/t5-/m0/s1. The van der Waals surface area contributed by atoms with Crippen LogP contribution in [0, 0.1) is 5.92 Å². The van der Waals surface area contributed by atoms with Crippen LogP contribution >= 0.6 is 9.24 Å². The van der Waals surface area contributed by atoms with Crippen LogP contribution in [0.3, 0.4) is 0 Å². The van der Waals surface area contributed by atoms with Gasteiger partial charge in [0, 0.05) is 0 Å². The Labute approximate surface area is 63.2 Å². The Morgan fingerprint density at radius 3 is 2.60 bits per heavy atom. The fourth-order valence-corrected chi connectivity index (χ4v) is 0.923. The highest BCUT2D eigenvalue weighted by Gasteiger charge is 2.11. The van der Waals surface area contributed by atoms with Crippen molar-refractivity contribution in [2.75, 3.05) is 12.8 Å². The van der Waals surface area contributed by atoms with Crippen molar-refractivity contribution in [3.8, 4) is 0 Å². The third kappa shape index (κ3) is 3.80. The summed E-state index contributed by atoms with van der Waals surface area (Å²) in [5.74, 6) is -0.749. The summed E-state index contributed by atoms with van der Waals surface area (Å²) in [4.78, 5) is 10.5. The van der Waals surface area contributed by atoms with E-state index in [1.165, 1.54) is 0 Å². The van der Waals surface area contributed by atoms with Gasteiger partial charge in [0.05, 0.1) is 12.5 Å². The predicted molar refractivity (Wildman–Crippen MR) is 43.6 cm³/mol. The maximum absolute atomic E-state index is 10.5. The molecule has 0 fully saturated rings. The van der Waals surface area contributed by atoms with E-state index in [4.69, 9.17) is 10.8 Å². The van der Waals surface area contributed by atoms with Gasteiger partial charge in [0.25, 0.3) is 0 Å². The molecule has 3 nitrogen and oxygen atoms in total. The van der Waals surface area contributed by atoms with E-state index in [0.29, 0.717) is 6.42 Å². The minimum Gasteiger partial charge on any atom is -0.396 e. The lowest BCUT2D eigenvalue weighted by Crippen LogP contribution is -2.26. The highest BCUT2D eigenvalue weighted by Crippen LogP contribution is 2.05. The van der Waals surface area contributed by atoms with E-state index < -0.39 is 5.91 Å². The largest absolute Gasteiger partial charge is 0.396 e. The first-order valence-electron chi connectivity index (χ1n) is 3.32. The van der Waals surface area contributed by atoms with Crippen LogP contribution in [0.1, 0.15) is 12.8 Å². The zero-order valence-corrected chi connectivity index (χ0v) is 7.07. The van der Waals surface area contributed by atoms with Crippen LogP contribution < -0.4 is 5.73 Å². The van der Waals surface area contributed by atoms with E-state index in [1.54, 1.807) is 0 Å². The molecule has 0 aromatic heterocycles. The molecule has 0 aliphatic heterocycles. The number of amides is 1. The second kappa shape index (κ2) is 5.63. The maximum atomic E-state index is 10.5. The van der Waals surface area contributed by atoms with E-state index in [2.05, 4.69) is 9.24 Å². The number of aliphatic hydroxyl groups excluding tert-OH is 1. The molecule has 3 N–H and O–H groups in total. The first kappa shape index (κ1) is 9.86. The molecule has 0 spiro atoms. The average molecular weight is 163 g/mol. The number of rotatable bonds is 5. The first-order chi connectivity index (χ1) is 4.72. The quantitative estimate of drug-likeness (QED) is 0.548. The van der Waals surface area contributed by atoms with Crippen molar-refractivity contribution in [2.45, 2.75) is 12.8 Å². The molecule has 2 atom stereocenters. The average Bonchev–Trinajstić information content (AvgIpc) is 1.89. The summed E-state index contributed by atoms with van der Waals surface area (Å²) in [5, 5.41) is 8.62. The Morgan fingerprint density at radius 1 is 1.70 bits per heavy atom. The fraction of sp³-hybridized carbons (Fsp3) is 0.833. The Morgan fingerprint density at radius 2 is 2.30 bits per heavy atom. The van der Waals surface area contributed by atoms with Gasteiger partial charge in [-0.2, -0.15) is 0 Å². The van der Waals surface area contributed by atoms with Crippen molar-refractivity contribution in [3.63, 3.8) is 0 Å². The predicted octanol–water partition coefficient (Wildman–Crippen LogP) is -0.265. The van der Waals surface area contributed by atoms with Gasteiger partial charge in [-0.05, 0) is 19.0 Å². The minimum absolute atomic E-state index is 0.125. The van der Waals surface area contributed by atoms with Crippen molar-refractivity contribution in [1.82, 2.24) is 0 Å². The minimum atomic E-state index is -0.402. The lowest BCUT2D eigenvalue weighted by Gasteiger charge is -2.07. The van der Waals surface area contributed by atoms with Gasteiger partial charge in [0.15, 0.2) is 0 Å². The van der Waals surface area contributed by atoms with E-state index in [9.17, 15) is 4.79 Å². The second-order valence-corrected chi connectivity index (χ2v) is 2.79. The number of carbonyl (C=O) groups is 1. The summed E-state index contributed by atoms with van der Waals surface area (Å²) in [5.41, 5.74) is 4.98.